The van der Waals surface area contributed by atoms with Crippen LogP contribution in [-0.2, 0) is 29.0 Å². The van der Waals surface area contributed by atoms with E-state index in [4.69, 9.17) is 9.84 Å². The number of benzene rings is 2. The molecule has 2 atom stereocenters. The van der Waals surface area contributed by atoms with Crippen molar-refractivity contribution in [2.75, 3.05) is 6.61 Å². The lowest BCUT2D eigenvalue weighted by Gasteiger charge is -2.19. The van der Waals surface area contributed by atoms with Gasteiger partial charge in [-0.15, -0.1) is 0 Å². The van der Waals surface area contributed by atoms with Gasteiger partial charge in [0.1, 0.15) is 6.10 Å². The smallest absolute Gasteiger partial charge is 0.303 e. The molecule has 0 aliphatic heterocycles. The number of aliphatic hydroxyl groups excluding tert-OH is 2. The lowest BCUT2D eigenvalue weighted by atomic mass is 9.96. The number of rotatable bonds is 10. The zero-order valence-corrected chi connectivity index (χ0v) is 14.0. The van der Waals surface area contributed by atoms with Crippen LogP contribution in [0.25, 0.3) is 0 Å². The number of aliphatic carboxylic acids is 1. The van der Waals surface area contributed by atoms with Crippen LogP contribution in [0.2, 0.25) is 0 Å². The Morgan fingerprint density at radius 2 is 1.56 bits per heavy atom. The topological polar surface area (TPSA) is 87.0 Å². The van der Waals surface area contributed by atoms with Crippen molar-refractivity contribution in [3.8, 4) is 0 Å². The normalized spacial score (nSPS) is 13.4. The Bertz CT molecular complexity index is 656. The van der Waals surface area contributed by atoms with Gasteiger partial charge < -0.3 is 20.1 Å². The molecule has 134 valence electrons. The highest BCUT2D eigenvalue weighted by atomic mass is 16.5. The van der Waals surface area contributed by atoms with Crippen LogP contribution in [0.4, 0.5) is 0 Å². The molecule has 0 bridgehead atoms. The third-order valence-corrected chi connectivity index (χ3v) is 4.00. The summed E-state index contributed by atoms with van der Waals surface area (Å²) in [7, 11) is 0. The Morgan fingerprint density at radius 1 is 0.920 bits per heavy atom. The van der Waals surface area contributed by atoms with Gasteiger partial charge >= 0.3 is 5.97 Å². The Labute approximate surface area is 147 Å². The van der Waals surface area contributed by atoms with Crippen molar-refractivity contribution in [1.29, 1.82) is 0 Å². The molecule has 25 heavy (non-hydrogen) atoms. The van der Waals surface area contributed by atoms with Crippen LogP contribution in [0.1, 0.15) is 23.1 Å². The van der Waals surface area contributed by atoms with Crippen molar-refractivity contribution in [2.45, 2.75) is 38.1 Å². The van der Waals surface area contributed by atoms with Gasteiger partial charge in [-0.05, 0) is 23.1 Å². The first kappa shape index (κ1) is 19.1. The quantitative estimate of drug-likeness (QED) is 0.615. The van der Waals surface area contributed by atoms with Gasteiger partial charge in [-0.1, -0.05) is 54.6 Å². The molecule has 5 heteroatoms. The molecule has 0 aliphatic carbocycles. The second-order valence-electron chi connectivity index (χ2n) is 6.00. The number of aryl methyl sites for hydroxylation is 1. The molecule has 5 nitrogen and oxygen atoms in total. The van der Waals surface area contributed by atoms with Crippen molar-refractivity contribution in [3.63, 3.8) is 0 Å². The molecule has 0 radical (unpaired) electrons. The molecule has 2 unspecified atom stereocenters. The Balaban J connectivity index is 1.84. The van der Waals surface area contributed by atoms with Gasteiger partial charge in [0.2, 0.25) is 0 Å². The van der Waals surface area contributed by atoms with E-state index >= 15 is 0 Å². The predicted molar refractivity (Wildman–Crippen MR) is 94.2 cm³/mol. The third-order valence-electron chi connectivity index (χ3n) is 4.00. The van der Waals surface area contributed by atoms with Crippen LogP contribution >= 0.6 is 0 Å². The first-order chi connectivity index (χ1) is 12.1. The number of hydrogen-bond donors (Lipinski definition) is 3. The number of aliphatic hydroxyl groups is 2. The van der Waals surface area contributed by atoms with Crippen molar-refractivity contribution in [1.82, 2.24) is 0 Å². The minimum Gasteiger partial charge on any atom is -0.481 e. The molecule has 0 saturated carbocycles. The summed E-state index contributed by atoms with van der Waals surface area (Å²) in [5.41, 5.74) is 2.72. The highest BCUT2D eigenvalue weighted by molar-refractivity contribution is 5.67. The van der Waals surface area contributed by atoms with Gasteiger partial charge in [0.25, 0.3) is 0 Å². The second kappa shape index (κ2) is 9.93. The molecule has 2 aromatic carbocycles. The summed E-state index contributed by atoms with van der Waals surface area (Å²) in [5, 5.41) is 29.1. The summed E-state index contributed by atoms with van der Waals surface area (Å²) in [4.78, 5) is 10.7. The largest absolute Gasteiger partial charge is 0.481 e. The van der Waals surface area contributed by atoms with Crippen LogP contribution < -0.4 is 0 Å². The minimum atomic E-state index is -1.00. The minimum absolute atomic E-state index is 0.0351. The zero-order valence-electron chi connectivity index (χ0n) is 14.0. The van der Waals surface area contributed by atoms with Crippen molar-refractivity contribution in [2.24, 2.45) is 0 Å². The fourth-order valence-corrected chi connectivity index (χ4v) is 2.59. The second-order valence-corrected chi connectivity index (χ2v) is 6.00. The first-order valence-electron chi connectivity index (χ1n) is 8.32. The average molecular weight is 344 g/mol. The maximum absolute atomic E-state index is 10.7. The fourth-order valence-electron chi connectivity index (χ4n) is 2.59. The summed E-state index contributed by atoms with van der Waals surface area (Å²) < 4.78 is 5.46. The summed E-state index contributed by atoms with van der Waals surface area (Å²) in [6, 6.07) is 17.0. The van der Waals surface area contributed by atoms with Gasteiger partial charge in [0.15, 0.2) is 0 Å². The fraction of sp³-hybridized carbons (Fsp3) is 0.350. The molecule has 0 spiro atoms. The predicted octanol–water partition coefficient (Wildman–Crippen LogP) is 2.18. The van der Waals surface area contributed by atoms with E-state index in [0.29, 0.717) is 13.0 Å². The monoisotopic (exact) mass is 344 g/mol. The van der Waals surface area contributed by atoms with E-state index in [-0.39, 0.29) is 19.4 Å². The van der Waals surface area contributed by atoms with Gasteiger partial charge in [-0.3, -0.25) is 4.79 Å². The van der Waals surface area contributed by atoms with Gasteiger partial charge in [-0.2, -0.15) is 0 Å². The van der Waals surface area contributed by atoms with Crippen LogP contribution in [0.3, 0.4) is 0 Å². The SMILES string of the molecule is O=C(O)CCc1ccccc1CC(O)C(O)COCc1ccccc1. The molecule has 2 rings (SSSR count). The van der Waals surface area contributed by atoms with E-state index in [1.54, 1.807) is 0 Å². The van der Waals surface area contributed by atoms with Gasteiger partial charge in [0.05, 0.1) is 19.3 Å². The van der Waals surface area contributed by atoms with E-state index in [1.807, 2.05) is 54.6 Å². The lowest BCUT2D eigenvalue weighted by molar-refractivity contribution is -0.136. The average Bonchev–Trinajstić information content (AvgIpc) is 2.61. The van der Waals surface area contributed by atoms with E-state index in [2.05, 4.69) is 0 Å². The number of hydrogen-bond acceptors (Lipinski definition) is 4. The van der Waals surface area contributed by atoms with Crippen molar-refractivity contribution >= 4 is 5.97 Å². The molecule has 0 saturated heterocycles. The standard InChI is InChI=1S/C20H24O5/c21-18(19(22)14-25-13-15-6-2-1-3-7-15)12-17-9-5-4-8-16(17)10-11-20(23)24/h1-9,18-19,21-22H,10-14H2,(H,23,24). The van der Waals surface area contributed by atoms with Crippen LogP contribution in [0.5, 0.6) is 0 Å². The van der Waals surface area contributed by atoms with Crippen LogP contribution in [0, 0.1) is 0 Å². The van der Waals surface area contributed by atoms with E-state index < -0.39 is 18.2 Å². The lowest BCUT2D eigenvalue weighted by Crippen LogP contribution is -2.32. The first-order valence-corrected chi connectivity index (χ1v) is 8.32. The van der Waals surface area contributed by atoms with E-state index in [0.717, 1.165) is 16.7 Å². The zero-order chi connectivity index (χ0) is 18.1. The molecule has 0 fully saturated rings. The summed E-state index contributed by atoms with van der Waals surface area (Å²) in [5.74, 6) is -0.857. The number of carboxylic acids is 1. The maximum atomic E-state index is 10.7. The molecular formula is C20H24O5. The van der Waals surface area contributed by atoms with E-state index in [1.165, 1.54) is 0 Å². The highest BCUT2D eigenvalue weighted by Gasteiger charge is 2.18. The summed E-state index contributed by atoms with van der Waals surface area (Å²) in [6.07, 6.45) is -1.28. The Hall–Kier alpha value is -2.21. The van der Waals surface area contributed by atoms with Gasteiger partial charge in [-0.25, -0.2) is 0 Å². The van der Waals surface area contributed by atoms with Crippen LogP contribution in [-0.4, -0.2) is 40.1 Å². The molecule has 0 heterocycles. The Morgan fingerprint density at radius 3 is 2.24 bits per heavy atom. The third kappa shape index (κ3) is 6.66. The number of ether oxygens (including phenoxy) is 1. The highest BCUT2D eigenvalue weighted by Crippen LogP contribution is 2.15. The molecule has 2 aromatic rings. The van der Waals surface area contributed by atoms with E-state index in [9.17, 15) is 15.0 Å². The molecule has 0 amide bonds. The van der Waals surface area contributed by atoms with Crippen molar-refractivity contribution in [3.05, 3.63) is 71.3 Å². The molecule has 0 aliphatic rings. The Kier molecular flexibility index (Phi) is 7.60. The molecule has 3 N–H and O–H groups in total. The van der Waals surface area contributed by atoms with Crippen molar-refractivity contribution < 1.29 is 24.9 Å². The van der Waals surface area contributed by atoms with Crippen LogP contribution in [0.15, 0.2) is 54.6 Å². The summed E-state index contributed by atoms with van der Waals surface area (Å²) >= 11 is 0. The number of carbonyl (C=O) groups is 1. The molecule has 0 aromatic heterocycles. The summed E-state index contributed by atoms with van der Waals surface area (Å²) in [6.45, 7) is 0.410. The van der Waals surface area contributed by atoms with Gasteiger partial charge in [0, 0.05) is 12.8 Å². The number of carboxylic acid groups (broad SMARTS) is 1. The molecular weight excluding hydrogens is 320 g/mol. The maximum Gasteiger partial charge on any atom is 0.303 e.